The lowest BCUT2D eigenvalue weighted by Crippen LogP contribution is -2.14. The van der Waals surface area contributed by atoms with E-state index in [2.05, 4.69) is 25.0 Å². The van der Waals surface area contributed by atoms with Crippen LogP contribution in [0.1, 0.15) is 0 Å². The van der Waals surface area contributed by atoms with E-state index in [1.807, 2.05) is 0 Å². The Hall–Kier alpha value is -2.26. The molecule has 0 atom stereocenters. The first-order valence-corrected chi connectivity index (χ1v) is 8.31. The average molecular weight is 321 g/mol. The summed E-state index contributed by atoms with van der Waals surface area (Å²) in [5.74, 6) is 0.361. The molecular weight excluding hydrogens is 310 g/mol. The minimum atomic E-state index is -3.71. The number of anilines is 2. The van der Waals surface area contributed by atoms with Crippen molar-refractivity contribution in [2.75, 3.05) is 17.1 Å². The highest BCUT2D eigenvalue weighted by Crippen LogP contribution is 2.23. The summed E-state index contributed by atoms with van der Waals surface area (Å²) in [5.41, 5.74) is 3.03. The molecule has 0 unspecified atom stereocenters. The van der Waals surface area contributed by atoms with Crippen molar-refractivity contribution >= 4 is 43.2 Å². The molecule has 108 valence electrons. The van der Waals surface area contributed by atoms with E-state index in [-0.39, 0.29) is 4.90 Å². The van der Waals surface area contributed by atoms with Crippen LogP contribution < -0.4 is 10.0 Å². The monoisotopic (exact) mass is 321 g/mol. The Morgan fingerprint density at radius 2 is 1.90 bits per heavy atom. The summed E-state index contributed by atoms with van der Waals surface area (Å²) in [5, 5.41) is 2.73. The predicted molar refractivity (Wildman–Crippen MR) is 82.0 cm³/mol. The number of nitrogens with zero attached hydrogens (tertiary/aromatic N) is 3. The number of thiazole rings is 1. The molecule has 3 rings (SSSR count). The zero-order valence-corrected chi connectivity index (χ0v) is 12.6. The summed E-state index contributed by atoms with van der Waals surface area (Å²) in [7, 11) is -2.05. The quantitative estimate of drug-likeness (QED) is 0.762. The molecule has 1 aromatic carbocycles. The second-order valence-corrected chi connectivity index (χ2v) is 6.70. The van der Waals surface area contributed by atoms with Crippen molar-refractivity contribution in [1.82, 2.24) is 15.0 Å². The molecule has 0 spiro atoms. The van der Waals surface area contributed by atoms with Crippen LogP contribution in [0.2, 0.25) is 0 Å². The van der Waals surface area contributed by atoms with E-state index in [1.54, 1.807) is 30.8 Å². The Morgan fingerprint density at radius 1 is 1.14 bits per heavy atom. The Labute approximate surface area is 125 Å². The van der Waals surface area contributed by atoms with Crippen LogP contribution in [-0.4, -0.2) is 30.4 Å². The number of aromatic nitrogens is 3. The maximum absolute atomic E-state index is 12.3. The molecule has 2 aromatic heterocycles. The second-order valence-electron chi connectivity index (χ2n) is 4.13. The molecule has 0 fully saturated rings. The van der Waals surface area contributed by atoms with Gasteiger partial charge in [0.15, 0.2) is 0 Å². The van der Waals surface area contributed by atoms with E-state index < -0.39 is 10.0 Å². The van der Waals surface area contributed by atoms with Gasteiger partial charge in [0.2, 0.25) is 5.95 Å². The Morgan fingerprint density at radius 3 is 2.62 bits per heavy atom. The van der Waals surface area contributed by atoms with Crippen LogP contribution in [0.15, 0.2) is 41.0 Å². The van der Waals surface area contributed by atoms with E-state index >= 15 is 0 Å². The van der Waals surface area contributed by atoms with Gasteiger partial charge >= 0.3 is 0 Å². The van der Waals surface area contributed by atoms with Crippen molar-refractivity contribution in [3.63, 3.8) is 0 Å². The molecular formula is C12H11N5O2S2. The number of benzene rings is 1. The number of sulfonamides is 1. The number of nitrogens with one attached hydrogen (secondary N) is 2. The second kappa shape index (κ2) is 5.26. The largest absolute Gasteiger partial charge is 0.357 e. The zero-order valence-electron chi connectivity index (χ0n) is 10.9. The molecule has 3 aromatic rings. The van der Waals surface area contributed by atoms with Crippen LogP contribution in [0.5, 0.6) is 0 Å². The molecule has 0 radical (unpaired) electrons. The first-order valence-electron chi connectivity index (χ1n) is 5.94. The minimum absolute atomic E-state index is 0.00546. The van der Waals surface area contributed by atoms with Crippen molar-refractivity contribution in [3.05, 3.63) is 36.1 Å². The zero-order chi connectivity index (χ0) is 14.9. The third-order valence-corrected chi connectivity index (χ3v) is 4.87. The molecule has 7 nitrogen and oxygen atoms in total. The first kappa shape index (κ1) is 13.7. The molecule has 9 heteroatoms. The fourth-order valence-electron chi connectivity index (χ4n) is 1.72. The van der Waals surface area contributed by atoms with Gasteiger partial charge in [-0.2, -0.15) is 0 Å². The minimum Gasteiger partial charge on any atom is -0.357 e. The van der Waals surface area contributed by atoms with Crippen molar-refractivity contribution in [1.29, 1.82) is 0 Å². The van der Waals surface area contributed by atoms with E-state index in [4.69, 9.17) is 0 Å². The van der Waals surface area contributed by atoms with Crippen LogP contribution in [0.25, 0.3) is 10.2 Å². The number of hydrogen-bond acceptors (Lipinski definition) is 7. The van der Waals surface area contributed by atoms with Crippen LogP contribution in [0.4, 0.5) is 11.6 Å². The molecule has 0 saturated carbocycles. The predicted octanol–water partition coefficient (Wildman–Crippen LogP) is 1.93. The summed E-state index contributed by atoms with van der Waals surface area (Å²) in [6, 6.07) is 5.18. The molecule has 0 aliphatic rings. The van der Waals surface area contributed by atoms with Crippen molar-refractivity contribution in [2.45, 2.75) is 4.90 Å². The third-order valence-electron chi connectivity index (χ3n) is 2.75. The standard InChI is InChI=1S/C12H11N5O2S2/c1-13-12-14-5-9(6-15-12)21(18,19)17-8-2-3-10-11(4-8)20-7-16-10/h2-7,17H,1H3,(H,13,14,15). The maximum atomic E-state index is 12.3. The lowest BCUT2D eigenvalue weighted by molar-refractivity contribution is 0.600. The van der Waals surface area contributed by atoms with Crippen LogP contribution in [0.3, 0.4) is 0 Å². The Bertz CT molecular complexity index is 874. The van der Waals surface area contributed by atoms with Crippen molar-refractivity contribution in [3.8, 4) is 0 Å². The molecule has 2 heterocycles. The highest BCUT2D eigenvalue weighted by Gasteiger charge is 2.15. The van der Waals surface area contributed by atoms with Gasteiger partial charge in [0.25, 0.3) is 10.0 Å². The SMILES string of the molecule is CNc1ncc(S(=O)(=O)Nc2ccc3ncsc3c2)cn1. The first-order chi connectivity index (χ1) is 10.1. The van der Waals surface area contributed by atoms with Gasteiger partial charge < -0.3 is 5.32 Å². The van der Waals surface area contributed by atoms with E-state index in [9.17, 15) is 8.42 Å². The third kappa shape index (κ3) is 2.78. The van der Waals surface area contributed by atoms with E-state index in [0.717, 1.165) is 10.2 Å². The van der Waals surface area contributed by atoms with Gasteiger partial charge in [-0.1, -0.05) is 0 Å². The molecule has 2 N–H and O–H groups in total. The van der Waals surface area contributed by atoms with E-state index in [1.165, 1.54) is 23.7 Å². The van der Waals surface area contributed by atoms with Crippen LogP contribution >= 0.6 is 11.3 Å². The molecule has 0 amide bonds. The summed E-state index contributed by atoms with van der Waals surface area (Å²) in [6.45, 7) is 0. The van der Waals surface area contributed by atoms with E-state index in [0.29, 0.717) is 11.6 Å². The molecule has 0 aliphatic carbocycles. The Kier molecular flexibility index (Phi) is 3.43. The molecule has 21 heavy (non-hydrogen) atoms. The van der Waals surface area contributed by atoms with Crippen LogP contribution in [-0.2, 0) is 10.0 Å². The lowest BCUT2D eigenvalue weighted by atomic mass is 10.3. The number of hydrogen-bond donors (Lipinski definition) is 2. The fourth-order valence-corrected chi connectivity index (χ4v) is 3.37. The maximum Gasteiger partial charge on any atom is 0.264 e. The van der Waals surface area contributed by atoms with Gasteiger partial charge in [-0.25, -0.2) is 23.4 Å². The Balaban J connectivity index is 1.90. The van der Waals surface area contributed by atoms with Gasteiger partial charge in [-0.15, -0.1) is 11.3 Å². The normalized spacial score (nSPS) is 11.5. The van der Waals surface area contributed by atoms with Gasteiger partial charge in [-0.05, 0) is 18.2 Å². The topological polar surface area (TPSA) is 96.9 Å². The summed E-state index contributed by atoms with van der Waals surface area (Å²) < 4.78 is 27.9. The molecule has 0 bridgehead atoms. The van der Waals surface area contributed by atoms with Gasteiger partial charge in [-0.3, -0.25) is 4.72 Å². The fraction of sp³-hybridized carbons (Fsp3) is 0.0833. The van der Waals surface area contributed by atoms with Crippen LogP contribution in [0, 0.1) is 0 Å². The number of rotatable bonds is 4. The highest BCUT2D eigenvalue weighted by atomic mass is 32.2. The summed E-state index contributed by atoms with van der Waals surface area (Å²) in [4.78, 5) is 11.9. The average Bonchev–Trinajstić information content (AvgIpc) is 2.94. The molecule has 0 aliphatic heterocycles. The smallest absolute Gasteiger partial charge is 0.264 e. The van der Waals surface area contributed by atoms with Gasteiger partial charge in [0.05, 0.1) is 33.8 Å². The van der Waals surface area contributed by atoms with Crippen molar-refractivity contribution in [2.24, 2.45) is 0 Å². The lowest BCUT2D eigenvalue weighted by Gasteiger charge is -2.07. The van der Waals surface area contributed by atoms with Gasteiger partial charge in [0.1, 0.15) is 4.90 Å². The highest BCUT2D eigenvalue weighted by molar-refractivity contribution is 7.92. The van der Waals surface area contributed by atoms with Gasteiger partial charge in [0, 0.05) is 7.05 Å². The summed E-state index contributed by atoms with van der Waals surface area (Å²) in [6.07, 6.45) is 2.51. The van der Waals surface area contributed by atoms with Crippen molar-refractivity contribution < 1.29 is 8.42 Å². The number of fused-ring (bicyclic) bond motifs is 1. The summed E-state index contributed by atoms with van der Waals surface area (Å²) >= 11 is 1.45. The molecule has 0 saturated heterocycles.